The van der Waals surface area contributed by atoms with Gasteiger partial charge in [-0.3, -0.25) is 4.72 Å². The minimum Gasteiger partial charge on any atom is -0.269 e. The Hall–Kier alpha value is -0.850. The molecule has 7 heteroatoms. The summed E-state index contributed by atoms with van der Waals surface area (Å²) in [5.74, 6) is 0. The molecule has 5 nitrogen and oxygen atoms in total. The lowest BCUT2D eigenvalue weighted by atomic mass is 10.2. The average Bonchev–Trinajstić information content (AvgIpc) is 2.63. The molecule has 1 fully saturated rings. The number of hydrogen-bond acceptors (Lipinski definition) is 3. The summed E-state index contributed by atoms with van der Waals surface area (Å²) in [7, 11) is -3.49. The first-order valence-electron chi connectivity index (χ1n) is 6.39. The van der Waals surface area contributed by atoms with Crippen molar-refractivity contribution in [3.05, 3.63) is 23.0 Å². The Morgan fingerprint density at radius 2 is 1.89 bits per heavy atom. The number of nitrogens with zero attached hydrogens (tertiary/aromatic N) is 2. The van der Waals surface area contributed by atoms with Crippen LogP contribution < -0.4 is 4.72 Å². The smallest absolute Gasteiger partial charge is 0.269 e. The van der Waals surface area contributed by atoms with Crippen LogP contribution in [-0.2, 0) is 10.2 Å². The molecule has 0 unspecified atom stereocenters. The van der Waals surface area contributed by atoms with Gasteiger partial charge in [-0.1, -0.05) is 24.4 Å². The van der Waals surface area contributed by atoms with Gasteiger partial charge in [0.25, 0.3) is 0 Å². The molecule has 1 aromatic rings. The van der Waals surface area contributed by atoms with Gasteiger partial charge >= 0.3 is 10.2 Å². The second-order valence-electron chi connectivity index (χ2n) is 4.75. The maximum atomic E-state index is 12.3. The zero-order valence-electron chi connectivity index (χ0n) is 10.9. The summed E-state index contributed by atoms with van der Waals surface area (Å²) in [5.41, 5.74) is 1.20. The fourth-order valence-corrected chi connectivity index (χ4v) is 3.49. The number of aromatic nitrogens is 1. The Bertz CT molecular complexity index is 540. The van der Waals surface area contributed by atoms with E-state index < -0.39 is 10.2 Å². The van der Waals surface area contributed by atoms with E-state index in [4.69, 9.17) is 11.6 Å². The van der Waals surface area contributed by atoms with Gasteiger partial charge < -0.3 is 0 Å². The van der Waals surface area contributed by atoms with Gasteiger partial charge in [0.1, 0.15) is 5.15 Å². The first-order valence-corrected chi connectivity index (χ1v) is 8.21. The highest BCUT2D eigenvalue weighted by Crippen LogP contribution is 2.19. The van der Waals surface area contributed by atoms with Gasteiger partial charge in [0.05, 0.1) is 11.9 Å². The van der Waals surface area contributed by atoms with Crippen LogP contribution in [0.2, 0.25) is 5.15 Å². The molecule has 1 aliphatic heterocycles. The molecule has 1 N–H and O–H groups in total. The lowest BCUT2D eigenvalue weighted by molar-refractivity contribution is 0.427. The van der Waals surface area contributed by atoms with Crippen molar-refractivity contribution in [2.45, 2.75) is 32.6 Å². The lowest BCUT2D eigenvalue weighted by Gasteiger charge is -2.20. The molecular formula is C12H18ClN3O2S. The van der Waals surface area contributed by atoms with Crippen molar-refractivity contribution in [1.29, 1.82) is 0 Å². The molecule has 2 rings (SSSR count). The Labute approximate surface area is 119 Å². The van der Waals surface area contributed by atoms with E-state index in [0.29, 0.717) is 23.9 Å². The second kappa shape index (κ2) is 6.07. The topological polar surface area (TPSA) is 62.3 Å². The summed E-state index contributed by atoms with van der Waals surface area (Å²) in [6, 6.07) is 1.69. The summed E-state index contributed by atoms with van der Waals surface area (Å²) in [4.78, 5) is 3.95. The predicted octanol–water partition coefficient (Wildman–Crippen LogP) is 2.58. The number of nitrogens with one attached hydrogen (secondary N) is 1. The fourth-order valence-electron chi connectivity index (χ4n) is 2.11. The summed E-state index contributed by atoms with van der Waals surface area (Å²) in [6.45, 7) is 2.95. The third-order valence-electron chi connectivity index (χ3n) is 3.17. The first kappa shape index (κ1) is 14.6. The second-order valence-corrected chi connectivity index (χ2v) is 6.78. The molecule has 0 radical (unpaired) electrons. The highest BCUT2D eigenvalue weighted by molar-refractivity contribution is 7.90. The zero-order chi connectivity index (χ0) is 13.9. The van der Waals surface area contributed by atoms with Crippen molar-refractivity contribution in [3.8, 4) is 0 Å². The molecule has 19 heavy (non-hydrogen) atoms. The van der Waals surface area contributed by atoms with Gasteiger partial charge in [-0.25, -0.2) is 4.98 Å². The first-order chi connectivity index (χ1) is 8.99. The maximum absolute atomic E-state index is 12.3. The van der Waals surface area contributed by atoms with E-state index >= 15 is 0 Å². The summed E-state index contributed by atoms with van der Waals surface area (Å²) >= 11 is 5.82. The van der Waals surface area contributed by atoms with E-state index in [1.54, 1.807) is 13.0 Å². The standard InChI is InChI=1S/C12H18ClN3O2S/c1-10-8-11(9-14-12(10)13)15-19(17,18)16-6-4-2-3-5-7-16/h8-9,15H,2-7H2,1H3. The Kier molecular flexibility index (Phi) is 4.65. The van der Waals surface area contributed by atoms with Crippen LogP contribution in [0.25, 0.3) is 0 Å². The van der Waals surface area contributed by atoms with E-state index in [1.165, 1.54) is 10.5 Å². The van der Waals surface area contributed by atoms with Crippen LogP contribution in [0.1, 0.15) is 31.2 Å². The molecule has 1 saturated heterocycles. The van der Waals surface area contributed by atoms with E-state index in [1.807, 2.05) is 0 Å². The molecular weight excluding hydrogens is 286 g/mol. The molecule has 0 amide bonds. The molecule has 1 aliphatic rings. The molecule has 0 aromatic carbocycles. The van der Waals surface area contributed by atoms with Gasteiger partial charge in [-0.05, 0) is 31.4 Å². The van der Waals surface area contributed by atoms with Crippen molar-refractivity contribution in [2.24, 2.45) is 0 Å². The van der Waals surface area contributed by atoms with Gasteiger partial charge in [0.2, 0.25) is 0 Å². The summed E-state index contributed by atoms with van der Waals surface area (Å²) in [6.07, 6.45) is 5.45. The van der Waals surface area contributed by atoms with Crippen molar-refractivity contribution in [1.82, 2.24) is 9.29 Å². The Balaban J connectivity index is 2.13. The minimum absolute atomic E-state index is 0.387. The van der Waals surface area contributed by atoms with Crippen LogP contribution in [0, 0.1) is 6.92 Å². The molecule has 0 saturated carbocycles. The van der Waals surface area contributed by atoms with Crippen molar-refractivity contribution >= 4 is 27.5 Å². The third kappa shape index (κ3) is 3.81. The largest absolute Gasteiger partial charge is 0.301 e. The molecule has 0 spiro atoms. The number of hydrogen-bond donors (Lipinski definition) is 1. The molecule has 0 atom stereocenters. The molecule has 0 aliphatic carbocycles. The molecule has 2 heterocycles. The van der Waals surface area contributed by atoms with E-state index in [0.717, 1.165) is 31.2 Å². The maximum Gasteiger partial charge on any atom is 0.301 e. The monoisotopic (exact) mass is 303 g/mol. The van der Waals surface area contributed by atoms with Crippen LogP contribution in [0.4, 0.5) is 5.69 Å². The van der Waals surface area contributed by atoms with E-state index in [-0.39, 0.29) is 0 Å². The summed E-state index contributed by atoms with van der Waals surface area (Å²) in [5, 5.41) is 0.387. The quantitative estimate of drug-likeness (QED) is 0.873. The number of anilines is 1. The number of pyridine rings is 1. The SMILES string of the molecule is Cc1cc(NS(=O)(=O)N2CCCCCC2)cnc1Cl. The summed E-state index contributed by atoms with van der Waals surface area (Å²) < 4.78 is 28.6. The number of rotatable bonds is 3. The van der Waals surface area contributed by atoms with Crippen LogP contribution in [0.15, 0.2) is 12.3 Å². The lowest BCUT2D eigenvalue weighted by Crippen LogP contribution is -2.36. The van der Waals surface area contributed by atoms with Gasteiger partial charge in [-0.15, -0.1) is 0 Å². The molecule has 106 valence electrons. The Morgan fingerprint density at radius 1 is 1.26 bits per heavy atom. The molecule has 0 bridgehead atoms. The van der Waals surface area contributed by atoms with Gasteiger partial charge in [0, 0.05) is 13.1 Å². The zero-order valence-corrected chi connectivity index (χ0v) is 12.5. The third-order valence-corrected chi connectivity index (χ3v) is 5.10. The van der Waals surface area contributed by atoms with E-state index in [9.17, 15) is 8.42 Å². The Morgan fingerprint density at radius 3 is 2.47 bits per heavy atom. The molecule has 1 aromatic heterocycles. The fraction of sp³-hybridized carbons (Fsp3) is 0.583. The van der Waals surface area contributed by atoms with Crippen LogP contribution >= 0.6 is 11.6 Å². The normalized spacial score (nSPS) is 18.0. The minimum atomic E-state index is -3.49. The van der Waals surface area contributed by atoms with E-state index in [2.05, 4.69) is 9.71 Å². The number of halogens is 1. The van der Waals surface area contributed by atoms with Gasteiger partial charge in [-0.2, -0.15) is 12.7 Å². The van der Waals surface area contributed by atoms with Crippen LogP contribution in [0.5, 0.6) is 0 Å². The highest BCUT2D eigenvalue weighted by Gasteiger charge is 2.22. The van der Waals surface area contributed by atoms with Crippen LogP contribution in [-0.4, -0.2) is 30.8 Å². The highest BCUT2D eigenvalue weighted by atomic mass is 35.5. The van der Waals surface area contributed by atoms with Crippen molar-refractivity contribution in [2.75, 3.05) is 17.8 Å². The average molecular weight is 304 g/mol. The van der Waals surface area contributed by atoms with Crippen molar-refractivity contribution < 1.29 is 8.42 Å². The van der Waals surface area contributed by atoms with Crippen LogP contribution in [0.3, 0.4) is 0 Å². The van der Waals surface area contributed by atoms with Gasteiger partial charge in [0.15, 0.2) is 0 Å². The predicted molar refractivity (Wildman–Crippen MR) is 76.6 cm³/mol. The van der Waals surface area contributed by atoms with Crippen molar-refractivity contribution in [3.63, 3.8) is 0 Å². The number of aryl methyl sites for hydroxylation is 1.